The van der Waals surface area contributed by atoms with Gasteiger partial charge in [0.05, 0.1) is 16.9 Å². The summed E-state index contributed by atoms with van der Waals surface area (Å²) in [5.41, 5.74) is 10.8. The molecule has 0 N–H and O–H groups in total. The van der Waals surface area contributed by atoms with Crippen LogP contribution in [0.25, 0.3) is 81.1 Å². The Bertz CT molecular complexity index is 3220. The number of benzene rings is 7. The van der Waals surface area contributed by atoms with E-state index in [1.54, 1.807) is 4.40 Å². The van der Waals surface area contributed by atoms with E-state index >= 15 is 0 Å². The van der Waals surface area contributed by atoms with Gasteiger partial charge in [-0.3, -0.25) is 4.98 Å². The second kappa shape index (κ2) is 18.3. The molecule has 0 unspecified atom stereocenters. The summed E-state index contributed by atoms with van der Waals surface area (Å²) in [7, 11) is 0. The zero-order chi connectivity index (χ0) is 43.3. The largest absolute Gasteiger partial charge is 0.333 e. The molecule has 3 aromatic heterocycles. The van der Waals surface area contributed by atoms with Gasteiger partial charge in [0.15, 0.2) is 0 Å². The molecule has 0 fully saturated rings. The number of rotatable bonds is 8. The number of aromatic nitrogens is 3. The second-order valence-electron chi connectivity index (χ2n) is 18.7. The van der Waals surface area contributed by atoms with Crippen LogP contribution in [-0.4, -0.2) is 27.8 Å². The Balaban J connectivity index is 0.000000219. The van der Waals surface area contributed by atoms with Crippen molar-refractivity contribution in [2.45, 2.75) is 77.1 Å². The van der Waals surface area contributed by atoms with E-state index in [1.807, 2.05) is 29.5 Å². The molecule has 0 aliphatic rings. The molecule has 1 radical (unpaired) electrons. The summed E-state index contributed by atoms with van der Waals surface area (Å²) < 4.78 is 6.51. The van der Waals surface area contributed by atoms with Gasteiger partial charge in [-0.25, -0.2) is 0 Å². The maximum atomic E-state index is 5.32. The molecule has 3 nitrogen and oxygen atoms in total. The number of para-hydroxylation sites is 3. The van der Waals surface area contributed by atoms with Crippen LogP contribution in [0.3, 0.4) is 0 Å². The first-order chi connectivity index (χ1) is 29.9. The average Bonchev–Trinajstić information content (AvgIpc) is 3.85. The molecule has 0 saturated heterocycles. The van der Waals surface area contributed by atoms with Crippen LogP contribution in [0.2, 0.25) is 17.3 Å². The number of nitrogens with zero attached hydrogens (tertiary/aromatic N) is 3. The van der Waals surface area contributed by atoms with Crippen molar-refractivity contribution < 1.29 is 20.1 Å². The minimum Gasteiger partial charge on any atom is -0.333 e. The number of thiophene rings is 1. The average molecular weight is 1080 g/mol. The fourth-order valence-electron chi connectivity index (χ4n) is 9.12. The first kappa shape index (κ1) is 44.7. The standard InChI is InChI=1S/C39H31N2S.C18H24GeN.Ir/c1-23(2)26-13-9-14-27(24(3)4)36(26)41-35-18-8-7-17-34(35)40-39(41)33-16-10-15-30-32-22-21-29-28-12-6-5-11-25(28)19-20-31(29)37(32)42-38(30)33;1-14(2)11-16-12-18(15-9-7-6-8-10-15)20-13-17(16)19(3,4)5;/h5-15,17-24H,1-4H3;6-9,12-14H,11H2,1-5H3;/q2*-1;. The predicted octanol–water partition coefficient (Wildman–Crippen LogP) is 15.7. The Morgan fingerprint density at radius 1 is 0.635 bits per heavy atom. The summed E-state index contributed by atoms with van der Waals surface area (Å²) in [5.74, 6) is 9.70. The zero-order valence-corrected chi connectivity index (χ0v) is 43.1. The normalized spacial score (nSPS) is 11.9. The van der Waals surface area contributed by atoms with Gasteiger partial charge in [-0.2, -0.15) is 11.3 Å². The van der Waals surface area contributed by atoms with Crippen molar-refractivity contribution in [3.63, 3.8) is 0 Å². The van der Waals surface area contributed by atoms with Gasteiger partial charge in [-0.15, -0.1) is 18.2 Å². The summed E-state index contributed by atoms with van der Waals surface area (Å²) in [4.78, 5) is 10.0. The molecule has 63 heavy (non-hydrogen) atoms. The summed E-state index contributed by atoms with van der Waals surface area (Å²) >= 11 is 0.0134. The minimum absolute atomic E-state index is 0. The van der Waals surface area contributed by atoms with Gasteiger partial charge in [0.25, 0.3) is 0 Å². The fraction of sp³-hybridized carbons (Fsp3) is 0.228. The summed E-state index contributed by atoms with van der Waals surface area (Å²) in [6.07, 6.45) is 3.27. The van der Waals surface area contributed by atoms with Gasteiger partial charge in [0.2, 0.25) is 0 Å². The van der Waals surface area contributed by atoms with Crippen molar-refractivity contribution in [2.24, 2.45) is 5.92 Å². The first-order valence-electron chi connectivity index (χ1n) is 22.1. The molecule has 319 valence electrons. The molecule has 7 aromatic carbocycles. The molecule has 0 bridgehead atoms. The summed E-state index contributed by atoms with van der Waals surface area (Å²) in [6.45, 7) is 13.7. The van der Waals surface area contributed by atoms with Crippen molar-refractivity contribution in [1.29, 1.82) is 0 Å². The molecule has 0 aliphatic heterocycles. The van der Waals surface area contributed by atoms with Gasteiger partial charge in [0.1, 0.15) is 0 Å². The Morgan fingerprint density at radius 3 is 2.02 bits per heavy atom. The van der Waals surface area contributed by atoms with E-state index < -0.39 is 13.3 Å². The van der Waals surface area contributed by atoms with E-state index in [9.17, 15) is 0 Å². The second-order valence-corrected chi connectivity index (χ2v) is 30.3. The first-order valence-corrected chi connectivity index (χ1v) is 30.3. The Morgan fingerprint density at radius 2 is 1.30 bits per heavy atom. The van der Waals surface area contributed by atoms with Crippen LogP contribution in [0, 0.1) is 18.1 Å². The molecule has 0 saturated carbocycles. The van der Waals surface area contributed by atoms with Crippen molar-refractivity contribution in [3.05, 3.63) is 168 Å². The van der Waals surface area contributed by atoms with Crippen LogP contribution < -0.4 is 4.40 Å². The van der Waals surface area contributed by atoms with E-state index in [0.29, 0.717) is 17.8 Å². The van der Waals surface area contributed by atoms with E-state index in [4.69, 9.17) is 9.97 Å². The van der Waals surface area contributed by atoms with Gasteiger partial charge < -0.3 is 4.57 Å². The van der Waals surface area contributed by atoms with Gasteiger partial charge >= 0.3 is 126 Å². The van der Waals surface area contributed by atoms with Crippen LogP contribution in [0.5, 0.6) is 0 Å². The van der Waals surface area contributed by atoms with Crippen LogP contribution in [-0.2, 0) is 26.5 Å². The Labute approximate surface area is 393 Å². The molecule has 10 rings (SSSR count). The summed E-state index contributed by atoms with van der Waals surface area (Å²) in [5, 5.41) is 7.74. The quantitative estimate of drug-likeness (QED) is 0.0862. The van der Waals surface area contributed by atoms with Gasteiger partial charge in [0, 0.05) is 30.5 Å². The molecular formula is C57H55GeIrN3S-2. The van der Waals surface area contributed by atoms with E-state index in [2.05, 4.69) is 197 Å². The number of hydrogen-bond donors (Lipinski definition) is 0. The SMILES string of the molecule is CC(C)Cc1cc(-c2[c-]cccc2)nc[c]1[Ge]([CH3])([CH3])[CH3].CC(C)c1cccc(C(C)C)c1-n1c(-c2[c-]ccc3c2sc2c3ccc3c4ccccc4ccc32)nc2ccccc21.[Ir]. The Hall–Kier alpha value is -4.91. The van der Waals surface area contributed by atoms with Crippen molar-refractivity contribution in [1.82, 2.24) is 14.5 Å². The van der Waals surface area contributed by atoms with E-state index in [1.165, 1.54) is 64.1 Å². The van der Waals surface area contributed by atoms with Crippen LogP contribution in [0.15, 0.2) is 140 Å². The monoisotopic (exact) mass is 1080 g/mol. The number of pyridine rings is 1. The molecule has 10 aromatic rings. The number of imidazole rings is 1. The maximum absolute atomic E-state index is 5.32. The molecule has 6 heteroatoms. The van der Waals surface area contributed by atoms with Crippen LogP contribution in [0.4, 0.5) is 0 Å². The Kier molecular flexibility index (Phi) is 13.0. The van der Waals surface area contributed by atoms with Crippen LogP contribution >= 0.6 is 11.3 Å². The summed E-state index contributed by atoms with van der Waals surface area (Å²) in [6, 6.07) is 54.8. The topological polar surface area (TPSA) is 30.7 Å². The fourth-order valence-corrected chi connectivity index (χ4v) is 13.8. The molecular weight excluding hydrogens is 1020 g/mol. The molecule has 3 heterocycles. The van der Waals surface area contributed by atoms with Crippen LogP contribution in [0.1, 0.15) is 70.1 Å². The molecule has 0 atom stereocenters. The molecule has 0 aliphatic carbocycles. The predicted molar refractivity (Wildman–Crippen MR) is 271 cm³/mol. The third-order valence-corrected chi connectivity index (χ3v) is 17.7. The van der Waals surface area contributed by atoms with Crippen molar-refractivity contribution in [2.75, 3.05) is 0 Å². The minimum atomic E-state index is -1.86. The molecule has 0 amide bonds. The van der Waals surface area contributed by atoms with Crippen molar-refractivity contribution in [3.8, 4) is 28.3 Å². The third kappa shape index (κ3) is 8.58. The molecule has 0 spiro atoms. The maximum Gasteiger partial charge on any atom is 0.0774 e. The number of hydrogen-bond acceptors (Lipinski definition) is 3. The third-order valence-electron chi connectivity index (χ3n) is 12.1. The van der Waals surface area contributed by atoms with Gasteiger partial charge in [-0.1, -0.05) is 118 Å². The smallest absolute Gasteiger partial charge is 0.0774 e. The van der Waals surface area contributed by atoms with Gasteiger partial charge in [-0.05, 0) is 66.7 Å². The van der Waals surface area contributed by atoms with E-state index in [0.717, 1.165) is 40.1 Å². The van der Waals surface area contributed by atoms with E-state index in [-0.39, 0.29) is 20.1 Å². The number of fused-ring (bicyclic) bond motifs is 8. The zero-order valence-electron chi connectivity index (χ0n) is 37.8. The van der Waals surface area contributed by atoms with Crippen molar-refractivity contribution >= 4 is 81.7 Å².